The van der Waals surface area contributed by atoms with Crippen molar-refractivity contribution in [1.82, 2.24) is 0 Å². The number of hydrogen-bond acceptors (Lipinski definition) is 4. The molecule has 0 unspecified atom stereocenters. The maximum atomic E-state index is 13.1. The zero-order valence-corrected chi connectivity index (χ0v) is 10.1. The third-order valence-corrected chi connectivity index (χ3v) is 4.88. The molecule has 1 aromatic rings. The Morgan fingerprint density at radius 3 is 2.59 bits per heavy atom. The number of sulfone groups is 1. The van der Waals surface area contributed by atoms with Crippen molar-refractivity contribution in [3.8, 4) is 0 Å². The van der Waals surface area contributed by atoms with Crippen molar-refractivity contribution in [2.24, 2.45) is 5.73 Å². The minimum absolute atomic E-state index is 0.439. The van der Waals surface area contributed by atoms with Gasteiger partial charge in [-0.3, -0.25) is 0 Å². The first-order valence-electron chi connectivity index (χ1n) is 5.15. The number of aliphatic hydroxyl groups is 1. The average Bonchev–Trinajstić information content (AvgIpc) is 2.86. The molecule has 2 rings (SSSR count). The summed E-state index contributed by atoms with van der Waals surface area (Å²) in [6.45, 7) is -0.439. The van der Waals surface area contributed by atoms with Gasteiger partial charge in [0.15, 0.2) is 9.84 Å². The molecule has 3 N–H and O–H groups in total. The maximum Gasteiger partial charge on any atom is 0.152 e. The lowest BCUT2D eigenvalue weighted by atomic mass is 10.1. The summed E-state index contributed by atoms with van der Waals surface area (Å²) in [6.07, 6.45) is 1.08. The molecule has 4 nitrogen and oxygen atoms in total. The molecule has 94 valence electrons. The van der Waals surface area contributed by atoms with Crippen LogP contribution in [0, 0.1) is 5.82 Å². The number of nitrogens with two attached hydrogens (primary N) is 1. The summed E-state index contributed by atoms with van der Waals surface area (Å²) in [6, 6.07) is 5.65. The normalized spacial score (nSPS) is 32.5. The standard InChI is InChI=1S/C11H14FNO3S/c1-17(15,16)10-9(11(10,13)6-14)7-3-2-4-8(12)5-7/h2-5,9-10,14H,6,13H2,1H3/t9-,10+,11+/m1/s1. The fraction of sp³-hybridized carbons (Fsp3) is 0.455. The minimum atomic E-state index is -3.37. The molecular formula is C11H14FNO3S. The van der Waals surface area contributed by atoms with Crippen molar-refractivity contribution in [1.29, 1.82) is 0 Å². The molecule has 1 aliphatic carbocycles. The molecule has 6 heteroatoms. The van der Waals surface area contributed by atoms with Crippen LogP contribution in [0.25, 0.3) is 0 Å². The molecule has 0 heterocycles. The highest BCUT2D eigenvalue weighted by atomic mass is 32.2. The van der Waals surface area contributed by atoms with Crippen molar-refractivity contribution < 1.29 is 17.9 Å². The van der Waals surface area contributed by atoms with Gasteiger partial charge in [-0.15, -0.1) is 0 Å². The van der Waals surface area contributed by atoms with E-state index >= 15 is 0 Å². The van der Waals surface area contributed by atoms with Gasteiger partial charge in [0.2, 0.25) is 0 Å². The number of rotatable bonds is 3. The van der Waals surface area contributed by atoms with E-state index < -0.39 is 39.0 Å². The van der Waals surface area contributed by atoms with Gasteiger partial charge in [-0.2, -0.15) is 0 Å². The van der Waals surface area contributed by atoms with E-state index in [0.29, 0.717) is 5.56 Å². The summed E-state index contributed by atoms with van der Waals surface area (Å²) in [5.74, 6) is -0.986. The van der Waals surface area contributed by atoms with E-state index in [1.807, 2.05) is 0 Å². The van der Waals surface area contributed by atoms with Gasteiger partial charge >= 0.3 is 0 Å². The van der Waals surface area contributed by atoms with Crippen molar-refractivity contribution in [2.45, 2.75) is 16.7 Å². The number of benzene rings is 1. The van der Waals surface area contributed by atoms with Crippen LogP contribution in [-0.2, 0) is 9.84 Å². The summed E-state index contributed by atoms with van der Waals surface area (Å²) < 4.78 is 36.2. The van der Waals surface area contributed by atoms with E-state index in [0.717, 1.165) is 6.26 Å². The minimum Gasteiger partial charge on any atom is -0.394 e. The second-order valence-corrected chi connectivity index (χ2v) is 6.72. The van der Waals surface area contributed by atoms with E-state index in [1.165, 1.54) is 18.2 Å². The summed E-state index contributed by atoms with van der Waals surface area (Å²) in [5.41, 5.74) is 5.17. The topological polar surface area (TPSA) is 80.4 Å². The second kappa shape index (κ2) is 3.76. The Balaban J connectivity index is 2.41. The highest BCUT2D eigenvalue weighted by Gasteiger charge is 2.67. The van der Waals surface area contributed by atoms with Crippen LogP contribution in [0.15, 0.2) is 24.3 Å². The Kier molecular flexibility index (Phi) is 2.76. The van der Waals surface area contributed by atoms with Crippen LogP contribution in [0.4, 0.5) is 4.39 Å². The molecule has 0 aliphatic heterocycles. The molecule has 17 heavy (non-hydrogen) atoms. The van der Waals surface area contributed by atoms with Gasteiger partial charge in [0.05, 0.1) is 17.4 Å². The summed E-state index contributed by atoms with van der Waals surface area (Å²) in [4.78, 5) is 0. The van der Waals surface area contributed by atoms with Crippen LogP contribution < -0.4 is 5.73 Å². The van der Waals surface area contributed by atoms with Gasteiger partial charge in [0.25, 0.3) is 0 Å². The average molecular weight is 259 g/mol. The van der Waals surface area contributed by atoms with E-state index in [2.05, 4.69) is 0 Å². The van der Waals surface area contributed by atoms with E-state index in [1.54, 1.807) is 6.07 Å². The lowest BCUT2D eigenvalue weighted by Gasteiger charge is -2.06. The predicted octanol–water partition coefficient (Wildman–Crippen LogP) is 0.0259. The van der Waals surface area contributed by atoms with Crippen LogP contribution in [0.2, 0.25) is 0 Å². The first kappa shape index (κ1) is 12.5. The van der Waals surface area contributed by atoms with Crippen molar-refractivity contribution >= 4 is 9.84 Å². The first-order chi connectivity index (χ1) is 7.80. The fourth-order valence-corrected chi connectivity index (χ4v) is 4.29. The van der Waals surface area contributed by atoms with Crippen LogP contribution in [-0.4, -0.2) is 37.2 Å². The Labute approximate surface area is 99.2 Å². The molecular weight excluding hydrogens is 245 g/mol. The summed E-state index contributed by atoms with van der Waals surface area (Å²) in [5, 5.41) is 8.37. The summed E-state index contributed by atoms with van der Waals surface area (Å²) >= 11 is 0. The molecule has 1 fully saturated rings. The Hall–Kier alpha value is -0.980. The maximum absolute atomic E-state index is 13.1. The molecule has 0 amide bonds. The van der Waals surface area contributed by atoms with Gasteiger partial charge in [0, 0.05) is 12.2 Å². The molecule has 0 bridgehead atoms. The highest BCUT2D eigenvalue weighted by molar-refractivity contribution is 7.91. The lowest BCUT2D eigenvalue weighted by Crippen LogP contribution is -2.34. The third-order valence-electron chi connectivity index (χ3n) is 3.25. The van der Waals surface area contributed by atoms with Gasteiger partial charge in [0.1, 0.15) is 5.82 Å². The number of aliphatic hydroxyl groups excluding tert-OH is 1. The molecule has 1 aromatic carbocycles. The van der Waals surface area contributed by atoms with Crippen LogP contribution in [0.1, 0.15) is 11.5 Å². The Bertz CT molecular complexity index is 545. The molecule has 1 saturated carbocycles. The molecule has 0 spiro atoms. The largest absolute Gasteiger partial charge is 0.394 e. The second-order valence-electron chi connectivity index (χ2n) is 4.55. The fourth-order valence-electron chi connectivity index (χ4n) is 2.44. The van der Waals surface area contributed by atoms with Crippen LogP contribution in [0.3, 0.4) is 0 Å². The Morgan fingerprint density at radius 2 is 2.18 bits per heavy atom. The molecule has 0 radical (unpaired) electrons. The number of hydrogen-bond donors (Lipinski definition) is 2. The highest BCUT2D eigenvalue weighted by Crippen LogP contribution is 2.53. The van der Waals surface area contributed by atoms with E-state index in [4.69, 9.17) is 5.73 Å². The van der Waals surface area contributed by atoms with E-state index in [-0.39, 0.29) is 0 Å². The van der Waals surface area contributed by atoms with Gasteiger partial charge in [-0.1, -0.05) is 12.1 Å². The zero-order valence-electron chi connectivity index (χ0n) is 9.30. The SMILES string of the molecule is CS(=O)(=O)[C@H]1[C@@H](c2cccc(F)c2)[C@@]1(N)CO. The molecule has 0 aromatic heterocycles. The van der Waals surface area contributed by atoms with Crippen molar-refractivity contribution in [3.05, 3.63) is 35.6 Å². The van der Waals surface area contributed by atoms with E-state index in [9.17, 15) is 17.9 Å². The van der Waals surface area contributed by atoms with Crippen molar-refractivity contribution in [3.63, 3.8) is 0 Å². The summed E-state index contributed by atoms with van der Waals surface area (Å²) in [7, 11) is -3.37. The first-order valence-corrected chi connectivity index (χ1v) is 7.10. The Morgan fingerprint density at radius 1 is 1.53 bits per heavy atom. The van der Waals surface area contributed by atoms with Crippen molar-refractivity contribution in [2.75, 3.05) is 12.9 Å². The zero-order chi connectivity index (χ0) is 12.8. The smallest absolute Gasteiger partial charge is 0.152 e. The monoisotopic (exact) mass is 259 g/mol. The molecule has 1 aliphatic rings. The lowest BCUT2D eigenvalue weighted by molar-refractivity contribution is 0.253. The van der Waals surface area contributed by atoms with Crippen LogP contribution >= 0.6 is 0 Å². The predicted molar refractivity (Wildman–Crippen MR) is 61.8 cm³/mol. The molecule has 3 atom stereocenters. The number of halogens is 1. The van der Waals surface area contributed by atoms with Crippen LogP contribution in [0.5, 0.6) is 0 Å². The van der Waals surface area contributed by atoms with Gasteiger partial charge < -0.3 is 10.8 Å². The molecule has 0 saturated heterocycles. The van der Waals surface area contributed by atoms with Gasteiger partial charge in [-0.05, 0) is 17.7 Å². The third kappa shape index (κ3) is 1.96. The quantitative estimate of drug-likeness (QED) is 0.802. The van der Waals surface area contributed by atoms with Gasteiger partial charge in [-0.25, -0.2) is 12.8 Å².